The number of hydrogen-bond donors (Lipinski definition) is 3. The summed E-state index contributed by atoms with van der Waals surface area (Å²) in [7, 11) is 0. The van der Waals surface area contributed by atoms with E-state index >= 15 is 0 Å². The molecule has 0 fully saturated rings. The number of carbonyl (C=O) groups excluding carboxylic acids is 2. The lowest BCUT2D eigenvalue weighted by Gasteiger charge is -2.13. The Morgan fingerprint density at radius 2 is 1.50 bits per heavy atom. The summed E-state index contributed by atoms with van der Waals surface area (Å²) in [6, 6.07) is 0. The number of halogens is 2. The van der Waals surface area contributed by atoms with Crippen molar-refractivity contribution in [2.24, 2.45) is 5.73 Å². The Morgan fingerprint density at radius 1 is 1.06 bits per heavy atom. The number of carbonyl (C=O) groups is 2. The van der Waals surface area contributed by atoms with Crippen molar-refractivity contribution in [3.8, 4) is 0 Å². The highest BCUT2D eigenvalue weighted by Crippen LogP contribution is 2.29. The molecule has 0 aromatic carbocycles. The van der Waals surface area contributed by atoms with E-state index in [1.54, 1.807) is 0 Å². The van der Waals surface area contributed by atoms with Gasteiger partial charge in [0.25, 0.3) is 5.91 Å². The topological polar surface area (TPSA) is 151 Å². The first kappa shape index (κ1) is 12.8. The maximum Gasteiger partial charge on any atom is 0.253 e. The van der Waals surface area contributed by atoms with Gasteiger partial charge in [0.05, 0.1) is 0 Å². The smallest absolute Gasteiger partial charge is 0.253 e. The molecule has 0 unspecified atom stereocenters. The molecule has 86 valence electrons. The van der Waals surface area contributed by atoms with Gasteiger partial charge in [-0.3, -0.25) is 9.59 Å². The number of primary amides is 1. The summed E-state index contributed by atoms with van der Waals surface area (Å²) in [5, 5.41) is 0. The Kier molecular flexibility index (Phi) is 3.43. The number of nitrogens with zero attached hydrogens (tertiary/aromatic N) is 3. The summed E-state index contributed by atoms with van der Waals surface area (Å²) in [5.74, 6) is -2.58. The van der Waals surface area contributed by atoms with E-state index in [4.69, 9.17) is 17.2 Å². The summed E-state index contributed by atoms with van der Waals surface area (Å²) in [5.41, 5.74) is 15.5. The van der Waals surface area contributed by atoms with E-state index in [0.29, 0.717) is 0 Å². The van der Waals surface area contributed by atoms with E-state index in [1.807, 2.05) is 0 Å². The Morgan fingerprint density at radius 3 is 1.88 bits per heavy atom. The van der Waals surface area contributed by atoms with Crippen molar-refractivity contribution >= 4 is 55.4 Å². The largest absolute Gasteiger partial charge is 0.368 e. The molecule has 1 aromatic heterocycles. The lowest BCUT2D eigenvalue weighted by Crippen LogP contribution is -2.40. The third-order valence-corrected chi connectivity index (χ3v) is 2.97. The van der Waals surface area contributed by atoms with Crippen LogP contribution in [0.15, 0.2) is 0 Å². The van der Waals surface area contributed by atoms with Gasteiger partial charge in [-0.05, 0) is 0 Å². The molecule has 0 atom stereocenters. The quantitative estimate of drug-likeness (QED) is 0.365. The molecule has 16 heavy (non-hydrogen) atoms. The van der Waals surface area contributed by atoms with Crippen LogP contribution in [0.4, 0.5) is 11.9 Å². The van der Waals surface area contributed by atoms with Crippen LogP contribution < -0.4 is 17.2 Å². The second-order valence-corrected chi connectivity index (χ2v) is 6.09. The molecule has 0 aliphatic rings. The Hall–Kier alpha value is -1.29. The van der Waals surface area contributed by atoms with E-state index in [9.17, 15) is 9.59 Å². The van der Waals surface area contributed by atoms with Crippen LogP contribution in [0.2, 0.25) is 0 Å². The first-order valence-corrected chi connectivity index (χ1v) is 5.33. The number of aromatic nitrogens is 3. The molecule has 0 radical (unpaired) electrons. The van der Waals surface area contributed by atoms with Gasteiger partial charge in [-0.15, -0.1) is 0 Å². The summed E-state index contributed by atoms with van der Waals surface area (Å²) >= 11 is 5.62. The number of nitrogen functional groups attached to an aromatic ring is 2. The Labute approximate surface area is 106 Å². The van der Waals surface area contributed by atoms with Crippen molar-refractivity contribution in [1.82, 2.24) is 15.0 Å². The number of hydrogen-bond acceptors (Lipinski definition) is 7. The van der Waals surface area contributed by atoms with E-state index in [0.717, 1.165) is 0 Å². The summed E-state index contributed by atoms with van der Waals surface area (Å²) in [6.45, 7) is 0. The minimum absolute atomic E-state index is 0.226. The molecular weight excluding hydrogens is 348 g/mol. The number of nitrogens with two attached hydrogens (primary N) is 3. The first-order valence-electron chi connectivity index (χ1n) is 3.74. The first-order chi connectivity index (χ1) is 7.25. The van der Waals surface area contributed by atoms with E-state index in [-0.39, 0.29) is 17.7 Å². The van der Waals surface area contributed by atoms with Crippen LogP contribution in [-0.4, -0.2) is 29.9 Å². The van der Waals surface area contributed by atoms with Crippen molar-refractivity contribution in [1.29, 1.82) is 0 Å². The van der Waals surface area contributed by atoms with E-state index in [2.05, 4.69) is 46.8 Å². The number of Topliss-reactive ketones (excluding diaryl/α,β-unsaturated/α-hetero) is 1. The van der Waals surface area contributed by atoms with Crippen molar-refractivity contribution in [2.45, 2.75) is 3.23 Å². The molecule has 1 amide bonds. The molecule has 1 aromatic rings. The lowest BCUT2D eigenvalue weighted by atomic mass is 10.2. The van der Waals surface area contributed by atoms with Crippen LogP contribution >= 0.6 is 31.9 Å². The molecular formula is C6H6Br2N6O2. The third-order valence-electron chi connectivity index (χ3n) is 1.47. The van der Waals surface area contributed by atoms with Gasteiger partial charge in [0.2, 0.25) is 26.7 Å². The second kappa shape index (κ2) is 4.29. The fourth-order valence-electron chi connectivity index (χ4n) is 0.763. The standard InChI is InChI=1S/C6H6Br2N6O2/c7-6(8,3(9)16)1(15)2-12-4(10)14-5(11)13-2/h(H2,9,16)(H4,10,11,12,13,14). The van der Waals surface area contributed by atoms with Crippen molar-refractivity contribution in [3.63, 3.8) is 0 Å². The molecule has 1 heterocycles. The van der Waals surface area contributed by atoms with Gasteiger partial charge in [0.1, 0.15) is 0 Å². The minimum atomic E-state index is -1.79. The number of alkyl halides is 2. The number of rotatable bonds is 3. The molecule has 1 rings (SSSR count). The minimum Gasteiger partial charge on any atom is -0.368 e. The summed E-state index contributed by atoms with van der Waals surface area (Å²) in [4.78, 5) is 33.3. The fourth-order valence-corrected chi connectivity index (χ4v) is 1.12. The van der Waals surface area contributed by atoms with E-state index in [1.165, 1.54) is 0 Å². The molecule has 10 heteroatoms. The van der Waals surface area contributed by atoms with Gasteiger partial charge in [-0.25, -0.2) is 0 Å². The molecule has 0 aliphatic carbocycles. The summed E-state index contributed by atoms with van der Waals surface area (Å²) in [6.07, 6.45) is 0. The number of anilines is 2. The molecule has 6 N–H and O–H groups in total. The molecule has 0 saturated heterocycles. The highest BCUT2D eigenvalue weighted by Gasteiger charge is 2.41. The molecule has 0 aliphatic heterocycles. The van der Waals surface area contributed by atoms with Gasteiger partial charge >= 0.3 is 0 Å². The van der Waals surface area contributed by atoms with E-state index < -0.39 is 14.9 Å². The highest BCUT2D eigenvalue weighted by molar-refractivity contribution is 9.26. The van der Waals surface area contributed by atoms with Crippen LogP contribution in [0.5, 0.6) is 0 Å². The van der Waals surface area contributed by atoms with Gasteiger partial charge < -0.3 is 17.2 Å². The van der Waals surface area contributed by atoms with Gasteiger partial charge in [0.15, 0.2) is 0 Å². The Bertz CT molecular complexity index is 442. The Balaban J connectivity index is 3.20. The average molecular weight is 354 g/mol. The van der Waals surface area contributed by atoms with Gasteiger partial charge in [0, 0.05) is 0 Å². The van der Waals surface area contributed by atoms with Crippen LogP contribution in [0.3, 0.4) is 0 Å². The van der Waals surface area contributed by atoms with Gasteiger partial charge in [-0.2, -0.15) is 15.0 Å². The SMILES string of the molecule is NC(=O)C(Br)(Br)C(=O)c1nc(N)nc(N)n1. The molecule has 8 nitrogen and oxygen atoms in total. The fraction of sp³-hybridized carbons (Fsp3) is 0.167. The van der Waals surface area contributed by atoms with Gasteiger partial charge in [-0.1, -0.05) is 31.9 Å². The predicted octanol–water partition coefficient (Wildman–Crippen LogP) is -0.810. The average Bonchev–Trinajstić information content (AvgIpc) is 2.14. The van der Waals surface area contributed by atoms with Crippen LogP contribution in [0.25, 0.3) is 0 Å². The normalized spacial score (nSPS) is 11.1. The van der Waals surface area contributed by atoms with Crippen molar-refractivity contribution in [2.75, 3.05) is 11.5 Å². The predicted molar refractivity (Wildman–Crippen MR) is 62.8 cm³/mol. The van der Waals surface area contributed by atoms with Crippen LogP contribution in [-0.2, 0) is 4.79 Å². The number of ketones is 1. The maximum atomic E-state index is 11.8. The monoisotopic (exact) mass is 352 g/mol. The highest BCUT2D eigenvalue weighted by atomic mass is 79.9. The number of amides is 1. The summed E-state index contributed by atoms with van der Waals surface area (Å²) < 4.78 is -1.79. The molecule has 0 saturated carbocycles. The maximum absolute atomic E-state index is 11.8. The van der Waals surface area contributed by atoms with Crippen LogP contribution in [0, 0.1) is 0 Å². The van der Waals surface area contributed by atoms with Crippen LogP contribution in [0.1, 0.15) is 10.6 Å². The lowest BCUT2D eigenvalue weighted by molar-refractivity contribution is -0.117. The van der Waals surface area contributed by atoms with Crippen molar-refractivity contribution in [3.05, 3.63) is 5.82 Å². The zero-order chi connectivity index (χ0) is 12.5. The molecule has 0 spiro atoms. The third kappa shape index (κ3) is 2.44. The second-order valence-electron chi connectivity index (χ2n) is 2.64. The van der Waals surface area contributed by atoms with Crippen molar-refractivity contribution < 1.29 is 9.59 Å². The molecule has 0 bridgehead atoms. The zero-order valence-corrected chi connectivity index (χ0v) is 10.8. The zero-order valence-electron chi connectivity index (χ0n) is 7.65.